The fourth-order valence-electron chi connectivity index (χ4n) is 6.34. The molecule has 0 radical (unpaired) electrons. The van der Waals surface area contributed by atoms with Gasteiger partial charge in [-0.2, -0.15) is 0 Å². The number of amides is 2. The zero-order chi connectivity index (χ0) is 29.1. The van der Waals surface area contributed by atoms with Crippen LogP contribution in [0, 0.1) is 11.7 Å². The highest BCUT2D eigenvalue weighted by atomic mass is 19.1. The number of hydrogen-bond donors (Lipinski definition) is 4. The number of methoxy groups -OCH3 is 1. The quantitative estimate of drug-likeness (QED) is 0.347. The number of carbonyl (C=O) groups excluding carboxylic acids is 2. The largest absolute Gasteiger partial charge is 0.493 e. The van der Waals surface area contributed by atoms with Gasteiger partial charge in [0.2, 0.25) is 11.8 Å². The number of rotatable bonds is 10. The lowest BCUT2D eigenvalue weighted by Gasteiger charge is -2.41. The third-order valence-electron chi connectivity index (χ3n) is 8.38. The van der Waals surface area contributed by atoms with E-state index in [4.69, 9.17) is 9.47 Å². The van der Waals surface area contributed by atoms with Gasteiger partial charge in [-0.05, 0) is 60.2 Å². The lowest BCUT2D eigenvalue weighted by molar-refractivity contribution is -0.139. The van der Waals surface area contributed by atoms with Gasteiger partial charge in [0.25, 0.3) is 0 Å². The van der Waals surface area contributed by atoms with Crippen LogP contribution in [-0.2, 0) is 22.7 Å². The second-order valence-corrected chi connectivity index (χ2v) is 11.0. The van der Waals surface area contributed by atoms with Gasteiger partial charge in [-0.3, -0.25) is 9.59 Å². The van der Waals surface area contributed by atoms with Crippen LogP contribution in [0.4, 0.5) is 4.39 Å². The van der Waals surface area contributed by atoms with Gasteiger partial charge in [0, 0.05) is 30.6 Å². The normalized spacial score (nSPS) is 23.3. The maximum Gasteiger partial charge on any atom is 0.247 e. The Morgan fingerprint density at radius 2 is 1.85 bits per heavy atom. The van der Waals surface area contributed by atoms with Crippen LogP contribution in [0.1, 0.15) is 54.7 Å². The molecule has 0 saturated heterocycles. The van der Waals surface area contributed by atoms with Crippen LogP contribution in [0.25, 0.3) is 0 Å². The summed E-state index contributed by atoms with van der Waals surface area (Å²) >= 11 is 0. The molecule has 4 atom stereocenters. The van der Waals surface area contributed by atoms with E-state index in [1.807, 2.05) is 0 Å². The molecule has 10 heteroatoms. The molecular weight excluding hydrogens is 531 g/mol. The third kappa shape index (κ3) is 5.95. The van der Waals surface area contributed by atoms with Crippen molar-refractivity contribution in [2.75, 3.05) is 20.3 Å². The van der Waals surface area contributed by atoms with Crippen LogP contribution in [0.15, 0.2) is 48.0 Å². The summed E-state index contributed by atoms with van der Waals surface area (Å²) in [4.78, 5) is 28.9. The van der Waals surface area contributed by atoms with Crippen LogP contribution in [0.3, 0.4) is 0 Å². The zero-order valence-electron chi connectivity index (χ0n) is 23.1. The van der Waals surface area contributed by atoms with Crippen molar-refractivity contribution in [1.82, 2.24) is 10.2 Å². The Morgan fingerprint density at radius 3 is 2.51 bits per heavy atom. The molecular formula is C31H37FN2O7. The number of nitrogens with zero attached hydrogens (tertiary/aromatic N) is 1. The second kappa shape index (κ2) is 12.6. The number of hydrogen-bond acceptors (Lipinski definition) is 7. The maximum atomic E-state index is 13.8. The van der Waals surface area contributed by atoms with Gasteiger partial charge in [-0.1, -0.05) is 25.0 Å². The highest BCUT2D eigenvalue weighted by molar-refractivity contribution is 5.96. The fraction of sp³-hybridized carbons (Fsp3) is 0.484. The van der Waals surface area contributed by atoms with Gasteiger partial charge in [-0.15, -0.1) is 0 Å². The molecule has 1 aliphatic heterocycles. The van der Waals surface area contributed by atoms with E-state index in [1.165, 1.54) is 19.2 Å². The first kappa shape index (κ1) is 29.0. The monoisotopic (exact) mass is 568 g/mol. The maximum absolute atomic E-state index is 13.8. The summed E-state index contributed by atoms with van der Waals surface area (Å²) in [5.41, 5.74) is 2.11. The standard InChI is InChI=1S/C31H37FN2O7/c1-40-25-13-20(17-36)12-22-27-23(31(39)33-10-11-35)15-24(28(38)30(27)41-29(22)25)34(16-19-6-8-21(32)9-7-19)26(37)14-18-4-2-3-5-18/h6-9,12-13,15,18,24,27-28,30,35-36,38H,2-5,10-11,14,16-17H2,1H3,(H,33,39)/t24-,27+,28+,30+/m1/s1. The number of aliphatic hydroxyl groups is 3. The molecule has 5 rings (SSSR count). The Kier molecular flexibility index (Phi) is 8.91. The predicted molar refractivity (Wildman–Crippen MR) is 148 cm³/mol. The Hall–Kier alpha value is -3.47. The number of fused-ring (bicyclic) bond motifs is 3. The predicted octanol–water partition coefficient (Wildman–Crippen LogP) is 2.56. The highest BCUT2D eigenvalue weighted by Crippen LogP contribution is 2.51. The van der Waals surface area contributed by atoms with E-state index in [2.05, 4.69) is 5.32 Å². The summed E-state index contributed by atoms with van der Waals surface area (Å²) in [6, 6.07) is 8.31. The van der Waals surface area contributed by atoms with Crippen LogP contribution in [0.5, 0.6) is 11.5 Å². The van der Waals surface area contributed by atoms with Gasteiger partial charge in [0.15, 0.2) is 11.5 Å². The number of halogens is 1. The van der Waals surface area contributed by atoms with E-state index in [0.717, 1.165) is 25.7 Å². The van der Waals surface area contributed by atoms with Crippen molar-refractivity contribution in [3.05, 3.63) is 70.6 Å². The third-order valence-corrected chi connectivity index (χ3v) is 8.38. The number of nitrogens with one attached hydrogen (secondary N) is 1. The minimum Gasteiger partial charge on any atom is -0.493 e. The van der Waals surface area contributed by atoms with Gasteiger partial charge >= 0.3 is 0 Å². The summed E-state index contributed by atoms with van der Waals surface area (Å²) in [5.74, 6) is -0.743. The van der Waals surface area contributed by atoms with Gasteiger partial charge in [-0.25, -0.2) is 4.39 Å². The first-order valence-electron chi connectivity index (χ1n) is 14.2. The molecule has 0 spiro atoms. The second-order valence-electron chi connectivity index (χ2n) is 11.0. The summed E-state index contributed by atoms with van der Waals surface area (Å²) in [7, 11) is 1.47. The van der Waals surface area contributed by atoms with Gasteiger partial charge in [0.05, 0.1) is 32.3 Å². The van der Waals surface area contributed by atoms with Crippen molar-refractivity contribution in [1.29, 1.82) is 0 Å². The molecule has 0 bridgehead atoms. The number of carbonyl (C=O) groups is 2. The van der Waals surface area contributed by atoms with Crippen molar-refractivity contribution in [2.24, 2.45) is 5.92 Å². The van der Waals surface area contributed by atoms with Crippen LogP contribution in [0.2, 0.25) is 0 Å². The summed E-state index contributed by atoms with van der Waals surface area (Å²) < 4.78 is 25.5. The molecule has 3 aliphatic rings. The molecule has 1 saturated carbocycles. The average molecular weight is 569 g/mol. The zero-order valence-corrected chi connectivity index (χ0v) is 23.1. The molecule has 1 fully saturated rings. The molecule has 41 heavy (non-hydrogen) atoms. The summed E-state index contributed by atoms with van der Waals surface area (Å²) in [6.07, 6.45) is 3.87. The Balaban J connectivity index is 1.57. The van der Waals surface area contributed by atoms with E-state index < -0.39 is 35.9 Å². The van der Waals surface area contributed by atoms with Crippen molar-refractivity contribution < 1.29 is 38.8 Å². The Bertz CT molecular complexity index is 1290. The molecule has 0 aromatic heterocycles. The van der Waals surface area contributed by atoms with Crippen LogP contribution < -0.4 is 14.8 Å². The fourth-order valence-corrected chi connectivity index (χ4v) is 6.34. The Morgan fingerprint density at radius 1 is 1.12 bits per heavy atom. The first-order valence-corrected chi connectivity index (χ1v) is 14.2. The van der Waals surface area contributed by atoms with E-state index >= 15 is 0 Å². The minimum absolute atomic E-state index is 0.0222. The topological polar surface area (TPSA) is 129 Å². The highest BCUT2D eigenvalue weighted by Gasteiger charge is 2.51. The summed E-state index contributed by atoms with van der Waals surface area (Å²) in [5, 5.41) is 33.7. The molecule has 220 valence electrons. The van der Waals surface area contributed by atoms with Gasteiger partial charge in [0.1, 0.15) is 18.0 Å². The van der Waals surface area contributed by atoms with Crippen LogP contribution >= 0.6 is 0 Å². The molecule has 2 amide bonds. The minimum atomic E-state index is -1.21. The average Bonchev–Trinajstić information content (AvgIpc) is 3.64. The molecule has 4 N–H and O–H groups in total. The van der Waals surface area contributed by atoms with Gasteiger partial charge < -0.3 is 35.0 Å². The SMILES string of the molecule is COc1cc(CO)cc2c1O[C@@H]1[C@@H](O)[C@H](N(Cc3ccc(F)cc3)C(=O)CC3CCCC3)C=C(C(=O)NCCO)[C@H]21. The number of ether oxygens (including phenoxy) is 2. The van der Waals surface area contributed by atoms with Crippen molar-refractivity contribution in [3.8, 4) is 11.5 Å². The molecule has 2 aliphatic carbocycles. The molecule has 2 aromatic carbocycles. The summed E-state index contributed by atoms with van der Waals surface area (Å²) in [6.45, 7) is -0.388. The lowest BCUT2D eigenvalue weighted by Crippen LogP contribution is -2.55. The van der Waals surface area contributed by atoms with Crippen molar-refractivity contribution >= 4 is 11.8 Å². The van der Waals surface area contributed by atoms with Crippen molar-refractivity contribution in [3.63, 3.8) is 0 Å². The molecule has 2 aromatic rings. The smallest absolute Gasteiger partial charge is 0.247 e. The molecule has 1 heterocycles. The molecule has 9 nitrogen and oxygen atoms in total. The number of benzene rings is 2. The number of aliphatic hydroxyl groups excluding tert-OH is 3. The van der Waals surface area contributed by atoms with E-state index in [9.17, 15) is 29.3 Å². The van der Waals surface area contributed by atoms with E-state index in [1.54, 1.807) is 35.2 Å². The first-order chi connectivity index (χ1) is 19.8. The van der Waals surface area contributed by atoms with E-state index in [0.29, 0.717) is 34.6 Å². The lowest BCUT2D eigenvalue weighted by atomic mass is 9.77. The van der Waals surface area contributed by atoms with Crippen molar-refractivity contribution in [2.45, 2.75) is 69.4 Å². The Labute approximate surface area is 238 Å². The van der Waals surface area contributed by atoms with E-state index in [-0.39, 0.29) is 43.7 Å². The van der Waals surface area contributed by atoms with Crippen LogP contribution in [-0.4, -0.2) is 70.5 Å². The molecule has 0 unspecified atom stereocenters.